The lowest BCUT2D eigenvalue weighted by Crippen LogP contribution is -2.43. The van der Waals surface area contributed by atoms with Gasteiger partial charge in [-0.2, -0.15) is 0 Å². The molecule has 0 bridgehead atoms. The van der Waals surface area contributed by atoms with Crippen LogP contribution in [0.2, 0.25) is 0 Å². The zero-order valence-electron chi connectivity index (χ0n) is 16.5. The number of anilines is 1. The maximum atomic E-state index is 13.9. The Bertz CT molecular complexity index is 1150. The second-order valence-electron chi connectivity index (χ2n) is 7.01. The third-order valence-corrected chi connectivity index (χ3v) is 7.13. The van der Waals surface area contributed by atoms with E-state index in [-0.39, 0.29) is 9.79 Å². The van der Waals surface area contributed by atoms with Crippen LogP contribution in [-0.4, -0.2) is 46.3 Å². The summed E-state index contributed by atoms with van der Waals surface area (Å²) >= 11 is 0. The fourth-order valence-electron chi connectivity index (χ4n) is 3.83. The Morgan fingerprint density at radius 1 is 1.14 bits per heavy atom. The van der Waals surface area contributed by atoms with E-state index in [1.165, 1.54) is 12.1 Å². The molecule has 154 valence electrons. The fourth-order valence-corrected chi connectivity index (χ4v) is 5.32. The van der Waals surface area contributed by atoms with Crippen molar-refractivity contribution >= 4 is 26.4 Å². The normalized spacial score (nSPS) is 15.1. The summed E-state index contributed by atoms with van der Waals surface area (Å²) in [4.78, 5) is 2.40. The van der Waals surface area contributed by atoms with E-state index in [9.17, 15) is 12.8 Å². The molecule has 1 aliphatic rings. The standard InChI is InChI=1S/C21H24FN3O3S/c1-3-24-14-21(17-12-15(22)4-6-18(17)24)29(26,27)16-5-7-20(28-2)19(13-16)25-10-8-23-9-11-25/h4-7,12-14,23H,3,8-11H2,1-2H3. The number of benzene rings is 2. The first-order valence-electron chi connectivity index (χ1n) is 9.63. The highest BCUT2D eigenvalue weighted by Crippen LogP contribution is 2.36. The van der Waals surface area contributed by atoms with E-state index in [2.05, 4.69) is 10.2 Å². The van der Waals surface area contributed by atoms with Crippen molar-refractivity contribution in [3.8, 4) is 5.75 Å². The molecule has 0 amide bonds. The molecule has 1 N–H and O–H groups in total. The minimum atomic E-state index is -3.84. The van der Waals surface area contributed by atoms with Gasteiger partial charge in [0.1, 0.15) is 11.6 Å². The van der Waals surface area contributed by atoms with Gasteiger partial charge >= 0.3 is 0 Å². The first-order valence-corrected chi connectivity index (χ1v) is 11.1. The number of fused-ring (bicyclic) bond motifs is 1. The SMILES string of the molecule is CCn1cc(S(=O)(=O)c2ccc(OC)c(N3CCNCC3)c2)c2cc(F)ccc21. The van der Waals surface area contributed by atoms with Crippen molar-refractivity contribution < 1.29 is 17.5 Å². The van der Waals surface area contributed by atoms with Crippen LogP contribution in [0.4, 0.5) is 10.1 Å². The topological polar surface area (TPSA) is 63.6 Å². The molecule has 2 heterocycles. The highest BCUT2D eigenvalue weighted by Gasteiger charge is 2.26. The van der Waals surface area contributed by atoms with Crippen molar-refractivity contribution in [3.05, 3.63) is 48.4 Å². The Labute approximate surface area is 169 Å². The second-order valence-corrected chi connectivity index (χ2v) is 8.93. The average molecular weight is 418 g/mol. The number of sulfone groups is 1. The number of hydrogen-bond donors (Lipinski definition) is 1. The Kier molecular flexibility index (Phi) is 5.23. The molecule has 1 saturated heterocycles. The van der Waals surface area contributed by atoms with Gasteiger partial charge in [-0.25, -0.2) is 12.8 Å². The Balaban J connectivity index is 1.86. The molecule has 0 aliphatic carbocycles. The number of aryl methyl sites for hydroxylation is 1. The van der Waals surface area contributed by atoms with E-state index in [1.54, 1.807) is 37.6 Å². The first-order chi connectivity index (χ1) is 14.0. The van der Waals surface area contributed by atoms with Crippen molar-refractivity contribution in [2.75, 3.05) is 38.2 Å². The number of nitrogens with zero attached hydrogens (tertiary/aromatic N) is 2. The molecule has 1 aliphatic heterocycles. The van der Waals surface area contributed by atoms with E-state index in [0.29, 0.717) is 23.2 Å². The predicted octanol–water partition coefficient (Wildman–Crippen LogP) is 3.05. The van der Waals surface area contributed by atoms with Crippen LogP contribution in [0.1, 0.15) is 6.92 Å². The third kappa shape index (κ3) is 3.47. The number of hydrogen-bond acceptors (Lipinski definition) is 5. The van der Waals surface area contributed by atoms with Crippen LogP contribution < -0.4 is 15.0 Å². The number of nitrogens with one attached hydrogen (secondary N) is 1. The fraction of sp³-hybridized carbons (Fsp3) is 0.333. The van der Waals surface area contributed by atoms with Crippen LogP contribution in [0.15, 0.2) is 52.4 Å². The third-order valence-electron chi connectivity index (χ3n) is 5.36. The van der Waals surface area contributed by atoms with Gasteiger partial charge in [0.2, 0.25) is 9.84 Å². The highest BCUT2D eigenvalue weighted by atomic mass is 32.2. The maximum Gasteiger partial charge on any atom is 0.208 e. The van der Waals surface area contributed by atoms with E-state index in [1.807, 2.05) is 11.5 Å². The summed E-state index contributed by atoms with van der Waals surface area (Å²) in [5.41, 5.74) is 1.45. The average Bonchev–Trinajstić information content (AvgIpc) is 3.12. The Morgan fingerprint density at radius 3 is 2.59 bits per heavy atom. The van der Waals surface area contributed by atoms with Gasteiger partial charge in [-0.05, 0) is 43.3 Å². The summed E-state index contributed by atoms with van der Waals surface area (Å²) in [5.74, 6) is 0.173. The molecule has 8 heteroatoms. The van der Waals surface area contributed by atoms with Crippen LogP contribution in [0.5, 0.6) is 5.75 Å². The first kappa shape index (κ1) is 19.7. The lowest BCUT2D eigenvalue weighted by atomic mass is 10.2. The molecule has 0 atom stereocenters. The summed E-state index contributed by atoms with van der Waals surface area (Å²) in [5, 5.41) is 3.68. The lowest BCUT2D eigenvalue weighted by molar-refractivity contribution is 0.412. The monoisotopic (exact) mass is 417 g/mol. The molecule has 3 aromatic rings. The summed E-state index contributed by atoms with van der Waals surface area (Å²) in [6.45, 7) is 5.69. The highest BCUT2D eigenvalue weighted by molar-refractivity contribution is 7.91. The summed E-state index contributed by atoms with van der Waals surface area (Å²) in [6.07, 6.45) is 1.59. The van der Waals surface area contributed by atoms with Gasteiger partial charge in [0.25, 0.3) is 0 Å². The molecular weight excluding hydrogens is 393 g/mol. The van der Waals surface area contributed by atoms with Crippen LogP contribution in [-0.2, 0) is 16.4 Å². The Morgan fingerprint density at radius 2 is 1.90 bits per heavy atom. The van der Waals surface area contributed by atoms with Crippen LogP contribution in [0, 0.1) is 5.82 Å². The molecule has 0 radical (unpaired) electrons. The van der Waals surface area contributed by atoms with E-state index < -0.39 is 15.7 Å². The van der Waals surface area contributed by atoms with Gasteiger partial charge in [0.15, 0.2) is 0 Å². The van der Waals surface area contributed by atoms with E-state index in [4.69, 9.17) is 4.74 Å². The summed E-state index contributed by atoms with van der Waals surface area (Å²) < 4.78 is 48.2. The number of piperazine rings is 1. The zero-order chi connectivity index (χ0) is 20.6. The van der Waals surface area contributed by atoms with Gasteiger partial charge in [-0.3, -0.25) is 0 Å². The van der Waals surface area contributed by atoms with E-state index >= 15 is 0 Å². The Hall–Kier alpha value is -2.58. The van der Waals surface area contributed by atoms with Crippen LogP contribution >= 0.6 is 0 Å². The number of methoxy groups -OCH3 is 1. The molecule has 4 rings (SSSR count). The molecule has 29 heavy (non-hydrogen) atoms. The van der Waals surface area contributed by atoms with Crippen molar-refractivity contribution in [1.29, 1.82) is 0 Å². The number of halogens is 1. The van der Waals surface area contributed by atoms with Gasteiger partial charge in [-0.15, -0.1) is 0 Å². The largest absolute Gasteiger partial charge is 0.495 e. The number of aromatic nitrogens is 1. The molecule has 0 saturated carbocycles. The quantitative estimate of drug-likeness (QED) is 0.691. The molecule has 0 spiro atoms. The van der Waals surface area contributed by atoms with Gasteiger partial charge < -0.3 is 19.5 Å². The predicted molar refractivity (Wildman–Crippen MR) is 111 cm³/mol. The minimum Gasteiger partial charge on any atom is -0.495 e. The summed E-state index contributed by atoms with van der Waals surface area (Å²) in [6, 6.07) is 9.15. The van der Waals surface area contributed by atoms with E-state index in [0.717, 1.165) is 31.9 Å². The van der Waals surface area contributed by atoms with Gasteiger partial charge in [0.05, 0.1) is 22.6 Å². The van der Waals surface area contributed by atoms with Crippen LogP contribution in [0.25, 0.3) is 10.9 Å². The lowest BCUT2D eigenvalue weighted by Gasteiger charge is -2.30. The van der Waals surface area contributed by atoms with Gasteiger partial charge in [-0.1, -0.05) is 0 Å². The number of rotatable bonds is 5. The molecule has 0 unspecified atom stereocenters. The van der Waals surface area contributed by atoms with Crippen molar-refractivity contribution in [1.82, 2.24) is 9.88 Å². The molecule has 1 aromatic heterocycles. The van der Waals surface area contributed by atoms with Crippen molar-refractivity contribution in [3.63, 3.8) is 0 Å². The molecule has 1 fully saturated rings. The molecular formula is C21H24FN3O3S. The van der Waals surface area contributed by atoms with Gasteiger partial charge in [0, 0.05) is 49.8 Å². The molecule has 2 aromatic carbocycles. The maximum absolute atomic E-state index is 13.9. The minimum absolute atomic E-state index is 0.116. The van der Waals surface area contributed by atoms with Crippen LogP contribution in [0.3, 0.4) is 0 Å². The van der Waals surface area contributed by atoms with Crippen molar-refractivity contribution in [2.45, 2.75) is 23.3 Å². The molecule has 6 nitrogen and oxygen atoms in total. The number of ether oxygens (including phenoxy) is 1. The van der Waals surface area contributed by atoms with Crippen molar-refractivity contribution in [2.24, 2.45) is 0 Å². The second kappa shape index (κ2) is 7.68. The zero-order valence-corrected chi connectivity index (χ0v) is 17.3. The smallest absolute Gasteiger partial charge is 0.208 e. The summed E-state index contributed by atoms with van der Waals surface area (Å²) in [7, 11) is -2.27.